The minimum absolute atomic E-state index is 0.0171. The van der Waals surface area contributed by atoms with Crippen LogP contribution in [0, 0.1) is 12.7 Å². The summed E-state index contributed by atoms with van der Waals surface area (Å²) in [4.78, 5) is 12.3. The third-order valence-electron chi connectivity index (χ3n) is 5.31. The van der Waals surface area contributed by atoms with E-state index in [-0.39, 0.29) is 24.6 Å². The highest BCUT2D eigenvalue weighted by molar-refractivity contribution is 7.93. The van der Waals surface area contributed by atoms with E-state index in [1.54, 1.807) is 25.1 Å². The number of ether oxygens (including phenoxy) is 2. The van der Waals surface area contributed by atoms with E-state index in [1.165, 1.54) is 30.1 Å². The van der Waals surface area contributed by atoms with Gasteiger partial charge in [0.25, 0.3) is 0 Å². The van der Waals surface area contributed by atoms with Gasteiger partial charge >= 0.3 is 0 Å². The lowest BCUT2D eigenvalue weighted by atomic mass is 10.2. The molecule has 0 fully saturated rings. The number of para-hydroxylation sites is 1. The zero-order valence-corrected chi connectivity index (χ0v) is 21.6. The Bertz CT molecular complexity index is 1430. The Kier molecular flexibility index (Phi) is 7.45. The Labute approximate surface area is 211 Å². The summed E-state index contributed by atoms with van der Waals surface area (Å²) < 4.78 is 55.3. The molecule has 0 unspecified atom stereocenters. The van der Waals surface area contributed by atoms with Crippen molar-refractivity contribution in [2.24, 2.45) is 0 Å². The van der Waals surface area contributed by atoms with E-state index in [9.17, 15) is 12.8 Å². The minimum atomic E-state index is -4.01. The third kappa shape index (κ3) is 5.14. The number of nitrogens with zero attached hydrogens (tertiary/aromatic N) is 6. The standard InChI is InChI=1S/C22H24FN7O4S2/c1-5-15(9-18-24-10-14(23)11-25-18)36(31,32)29-22-28-27-20(21-26-13(2)12-35-21)30(22)19-16(33-3)7-6-8-17(19)34-4/h6-8,10-12,15H,5,9H2,1-4H3,(H,28,29)/t15-/m0/s1. The topological polar surface area (TPSA) is 134 Å². The summed E-state index contributed by atoms with van der Waals surface area (Å²) in [6, 6.07) is 5.18. The maximum absolute atomic E-state index is 13.4. The van der Waals surface area contributed by atoms with Crippen molar-refractivity contribution >= 4 is 27.3 Å². The van der Waals surface area contributed by atoms with Gasteiger partial charge in [-0.3, -0.25) is 9.29 Å². The molecule has 3 heterocycles. The van der Waals surface area contributed by atoms with E-state index < -0.39 is 21.1 Å². The average Bonchev–Trinajstić information content (AvgIpc) is 3.48. The van der Waals surface area contributed by atoms with E-state index in [0.29, 0.717) is 28.0 Å². The molecule has 1 atom stereocenters. The van der Waals surface area contributed by atoms with Crippen molar-refractivity contribution in [2.75, 3.05) is 18.9 Å². The van der Waals surface area contributed by atoms with Crippen LogP contribution in [0.3, 0.4) is 0 Å². The molecule has 190 valence electrons. The molecule has 0 aliphatic rings. The zero-order valence-electron chi connectivity index (χ0n) is 20.0. The molecule has 0 amide bonds. The van der Waals surface area contributed by atoms with Crippen molar-refractivity contribution < 1.29 is 22.3 Å². The van der Waals surface area contributed by atoms with Gasteiger partial charge in [-0.25, -0.2) is 27.8 Å². The van der Waals surface area contributed by atoms with Crippen LogP contribution in [0.15, 0.2) is 36.0 Å². The van der Waals surface area contributed by atoms with Crippen molar-refractivity contribution in [3.8, 4) is 28.0 Å². The summed E-state index contributed by atoms with van der Waals surface area (Å²) in [6.07, 6.45) is 2.24. The van der Waals surface area contributed by atoms with E-state index in [0.717, 1.165) is 18.1 Å². The molecule has 0 aliphatic carbocycles. The van der Waals surface area contributed by atoms with Crippen molar-refractivity contribution in [2.45, 2.75) is 31.9 Å². The number of benzene rings is 1. The number of methoxy groups -OCH3 is 2. The number of aryl methyl sites for hydroxylation is 1. The molecule has 1 N–H and O–H groups in total. The Hall–Kier alpha value is -3.65. The maximum Gasteiger partial charge on any atom is 0.243 e. The van der Waals surface area contributed by atoms with Crippen LogP contribution in [0.5, 0.6) is 11.5 Å². The molecule has 3 aromatic heterocycles. The molecule has 0 radical (unpaired) electrons. The SMILES string of the molecule is CC[C@@H](Cc1ncc(F)cn1)S(=O)(=O)Nc1nnc(-c2nc(C)cs2)n1-c1c(OC)cccc1OC. The molecule has 11 nitrogen and oxygen atoms in total. The highest BCUT2D eigenvalue weighted by Crippen LogP contribution is 2.38. The van der Waals surface area contributed by atoms with E-state index in [4.69, 9.17) is 9.47 Å². The van der Waals surface area contributed by atoms with E-state index >= 15 is 0 Å². The molecule has 36 heavy (non-hydrogen) atoms. The van der Waals surface area contributed by atoms with Crippen LogP contribution >= 0.6 is 11.3 Å². The number of hydrogen-bond acceptors (Lipinski definition) is 10. The number of thiazole rings is 1. The molecule has 0 spiro atoms. The number of aromatic nitrogens is 6. The van der Waals surface area contributed by atoms with Crippen molar-refractivity contribution in [1.29, 1.82) is 0 Å². The third-order valence-corrected chi connectivity index (χ3v) is 8.11. The van der Waals surface area contributed by atoms with Gasteiger partial charge < -0.3 is 9.47 Å². The summed E-state index contributed by atoms with van der Waals surface area (Å²) in [5.74, 6) is 0.673. The van der Waals surface area contributed by atoms with Gasteiger partial charge in [0.2, 0.25) is 16.0 Å². The normalized spacial score (nSPS) is 12.4. The molecule has 0 aliphatic heterocycles. The lowest BCUT2D eigenvalue weighted by molar-refractivity contribution is 0.391. The fourth-order valence-electron chi connectivity index (χ4n) is 3.54. The molecule has 4 rings (SSSR count). The molecular formula is C22H24FN7O4S2. The summed E-state index contributed by atoms with van der Waals surface area (Å²) in [5, 5.41) is 9.86. The van der Waals surface area contributed by atoms with Gasteiger partial charge in [-0.2, -0.15) is 0 Å². The van der Waals surface area contributed by atoms with Gasteiger partial charge in [0.1, 0.15) is 23.0 Å². The second-order valence-corrected chi connectivity index (χ2v) is 10.5. The molecular weight excluding hydrogens is 509 g/mol. The van der Waals surface area contributed by atoms with Crippen LogP contribution in [-0.4, -0.2) is 57.6 Å². The van der Waals surface area contributed by atoms with Crippen LogP contribution in [-0.2, 0) is 16.4 Å². The number of sulfonamides is 1. The lowest BCUT2D eigenvalue weighted by Crippen LogP contribution is -2.31. The first-order valence-corrected chi connectivity index (χ1v) is 13.3. The van der Waals surface area contributed by atoms with Gasteiger partial charge in [-0.1, -0.05) is 13.0 Å². The fraction of sp³-hybridized carbons (Fsp3) is 0.318. The highest BCUT2D eigenvalue weighted by Gasteiger charge is 2.30. The summed E-state index contributed by atoms with van der Waals surface area (Å²) in [6.45, 7) is 3.57. The monoisotopic (exact) mass is 533 g/mol. The Balaban J connectivity index is 1.81. The first kappa shape index (κ1) is 25.4. The second-order valence-electron chi connectivity index (χ2n) is 7.69. The van der Waals surface area contributed by atoms with Crippen LogP contribution in [0.1, 0.15) is 24.9 Å². The number of nitrogens with one attached hydrogen (secondary N) is 1. The molecule has 4 aromatic rings. The largest absolute Gasteiger partial charge is 0.494 e. The van der Waals surface area contributed by atoms with Gasteiger partial charge in [-0.15, -0.1) is 21.5 Å². The van der Waals surface area contributed by atoms with Crippen molar-refractivity contribution in [3.05, 3.63) is 53.3 Å². The van der Waals surface area contributed by atoms with Crippen LogP contribution < -0.4 is 14.2 Å². The number of rotatable bonds is 10. The summed E-state index contributed by atoms with van der Waals surface area (Å²) in [5.41, 5.74) is 1.19. The lowest BCUT2D eigenvalue weighted by Gasteiger charge is -2.19. The smallest absolute Gasteiger partial charge is 0.243 e. The second kappa shape index (κ2) is 10.5. The predicted molar refractivity (Wildman–Crippen MR) is 133 cm³/mol. The van der Waals surface area contributed by atoms with Crippen molar-refractivity contribution in [1.82, 2.24) is 29.7 Å². The molecule has 0 bridgehead atoms. The first-order valence-electron chi connectivity index (χ1n) is 10.8. The van der Waals surface area contributed by atoms with Crippen molar-refractivity contribution in [3.63, 3.8) is 0 Å². The quantitative estimate of drug-likeness (QED) is 0.325. The van der Waals surface area contributed by atoms with Crippen LogP contribution in [0.4, 0.5) is 10.3 Å². The fourth-order valence-corrected chi connectivity index (χ4v) is 5.67. The summed E-state index contributed by atoms with van der Waals surface area (Å²) in [7, 11) is -1.02. The van der Waals surface area contributed by atoms with Gasteiger partial charge in [0.15, 0.2) is 16.6 Å². The number of anilines is 1. The van der Waals surface area contributed by atoms with Gasteiger partial charge in [0.05, 0.1) is 31.9 Å². The van der Waals surface area contributed by atoms with Crippen LogP contribution in [0.2, 0.25) is 0 Å². The highest BCUT2D eigenvalue weighted by atomic mass is 32.2. The molecule has 0 saturated heterocycles. The minimum Gasteiger partial charge on any atom is -0.494 e. The van der Waals surface area contributed by atoms with E-state index in [2.05, 4.69) is 29.9 Å². The Morgan fingerprint density at radius 1 is 1.14 bits per heavy atom. The molecule has 1 aromatic carbocycles. The molecule has 0 saturated carbocycles. The number of halogens is 1. The van der Waals surface area contributed by atoms with E-state index in [1.807, 2.05) is 12.3 Å². The van der Waals surface area contributed by atoms with Gasteiger partial charge in [-0.05, 0) is 25.5 Å². The predicted octanol–water partition coefficient (Wildman–Crippen LogP) is 3.41. The average molecular weight is 534 g/mol. The molecule has 14 heteroatoms. The van der Waals surface area contributed by atoms with Crippen LogP contribution in [0.25, 0.3) is 16.5 Å². The summed E-state index contributed by atoms with van der Waals surface area (Å²) >= 11 is 1.34. The maximum atomic E-state index is 13.4. The zero-order chi connectivity index (χ0) is 25.9. The first-order chi connectivity index (χ1) is 17.3. The number of hydrogen-bond donors (Lipinski definition) is 1. The Morgan fingerprint density at radius 3 is 2.36 bits per heavy atom. The Morgan fingerprint density at radius 2 is 1.81 bits per heavy atom. The van der Waals surface area contributed by atoms with Gasteiger partial charge in [0, 0.05) is 17.5 Å².